The van der Waals surface area contributed by atoms with E-state index in [1.54, 1.807) is 0 Å². The van der Waals surface area contributed by atoms with Crippen molar-refractivity contribution in [2.45, 2.75) is 50.6 Å². The number of aliphatic carboxylic acids is 1. The van der Waals surface area contributed by atoms with E-state index >= 15 is 0 Å². The van der Waals surface area contributed by atoms with Gasteiger partial charge in [0, 0.05) is 32.2 Å². The van der Waals surface area contributed by atoms with Gasteiger partial charge in [0.1, 0.15) is 5.54 Å². The quantitative estimate of drug-likeness (QED) is 0.766. The summed E-state index contributed by atoms with van der Waals surface area (Å²) in [7, 11) is 0. The first kappa shape index (κ1) is 15.3. The zero-order valence-corrected chi connectivity index (χ0v) is 13.2. The number of carboxylic acid groups (broad SMARTS) is 1. The molecule has 0 aromatic heterocycles. The average Bonchev–Trinajstić information content (AvgIpc) is 3.31. The molecular weight excluding hydrogens is 266 g/mol. The topological polar surface area (TPSA) is 55.8 Å². The van der Waals surface area contributed by atoms with Gasteiger partial charge < -0.3 is 10.4 Å². The number of hydrogen-bond acceptors (Lipinski definition) is 4. The molecule has 2 N–H and O–H groups in total. The van der Waals surface area contributed by atoms with E-state index in [1.165, 1.54) is 25.8 Å². The van der Waals surface area contributed by atoms with Gasteiger partial charge in [0.2, 0.25) is 0 Å². The molecule has 21 heavy (non-hydrogen) atoms. The van der Waals surface area contributed by atoms with Gasteiger partial charge in [0.05, 0.1) is 0 Å². The van der Waals surface area contributed by atoms with E-state index < -0.39 is 11.5 Å². The van der Waals surface area contributed by atoms with Crippen LogP contribution in [0.1, 0.15) is 39.0 Å². The molecule has 0 spiro atoms. The van der Waals surface area contributed by atoms with E-state index in [9.17, 15) is 9.90 Å². The van der Waals surface area contributed by atoms with Crippen LogP contribution in [0.2, 0.25) is 0 Å². The lowest BCUT2D eigenvalue weighted by atomic mass is 9.90. The van der Waals surface area contributed by atoms with Crippen LogP contribution in [-0.2, 0) is 4.79 Å². The molecule has 5 heteroatoms. The maximum absolute atomic E-state index is 11.9. The van der Waals surface area contributed by atoms with E-state index in [-0.39, 0.29) is 0 Å². The van der Waals surface area contributed by atoms with Crippen LogP contribution in [0.5, 0.6) is 0 Å². The van der Waals surface area contributed by atoms with Crippen LogP contribution < -0.4 is 5.32 Å². The minimum atomic E-state index is -0.717. The predicted octanol–water partition coefficient (Wildman–Crippen LogP) is 0.999. The maximum Gasteiger partial charge on any atom is 0.325 e. The number of carbonyl (C=O) groups is 1. The average molecular weight is 295 g/mol. The highest BCUT2D eigenvalue weighted by atomic mass is 16.4. The summed E-state index contributed by atoms with van der Waals surface area (Å²) in [6, 6.07) is 0.653. The molecule has 0 aromatic rings. The Hall–Kier alpha value is -0.650. The van der Waals surface area contributed by atoms with Crippen molar-refractivity contribution < 1.29 is 9.90 Å². The number of rotatable bonds is 6. The highest BCUT2D eigenvalue weighted by Crippen LogP contribution is 2.41. The van der Waals surface area contributed by atoms with Crippen LogP contribution in [0.15, 0.2) is 0 Å². The Morgan fingerprint density at radius 3 is 2.71 bits per heavy atom. The Balaban J connectivity index is 1.66. The molecule has 5 nitrogen and oxygen atoms in total. The van der Waals surface area contributed by atoms with Crippen molar-refractivity contribution in [2.24, 2.45) is 5.92 Å². The summed E-state index contributed by atoms with van der Waals surface area (Å²) in [5.41, 5.74) is -0.717. The second-order valence-electron chi connectivity index (χ2n) is 7.00. The molecule has 0 aromatic carbocycles. The van der Waals surface area contributed by atoms with Gasteiger partial charge in [-0.1, -0.05) is 13.3 Å². The summed E-state index contributed by atoms with van der Waals surface area (Å²) in [5, 5.41) is 13.2. The number of likely N-dealkylation sites (N-methyl/N-ethyl adjacent to an activating group) is 1. The van der Waals surface area contributed by atoms with Crippen LogP contribution >= 0.6 is 0 Å². The smallest absolute Gasteiger partial charge is 0.325 e. The highest BCUT2D eigenvalue weighted by Gasteiger charge is 2.52. The van der Waals surface area contributed by atoms with Crippen LogP contribution in [0.4, 0.5) is 0 Å². The number of nitrogens with zero attached hydrogens (tertiary/aromatic N) is 2. The zero-order chi connectivity index (χ0) is 14.9. The van der Waals surface area contributed by atoms with E-state index in [0.717, 1.165) is 39.0 Å². The normalized spacial score (nSPS) is 30.6. The molecule has 120 valence electrons. The minimum Gasteiger partial charge on any atom is -0.480 e. The number of fused-ring (bicyclic) bond motifs is 1. The first-order chi connectivity index (χ1) is 10.2. The monoisotopic (exact) mass is 295 g/mol. The molecule has 2 unspecified atom stereocenters. The fourth-order valence-electron chi connectivity index (χ4n) is 4.26. The van der Waals surface area contributed by atoms with E-state index in [0.29, 0.717) is 18.5 Å². The summed E-state index contributed by atoms with van der Waals surface area (Å²) in [6.07, 6.45) is 6.05. The van der Waals surface area contributed by atoms with Crippen molar-refractivity contribution in [3.63, 3.8) is 0 Å². The molecule has 2 aliphatic heterocycles. The summed E-state index contributed by atoms with van der Waals surface area (Å²) in [5.74, 6) is -0.336. The lowest BCUT2D eigenvalue weighted by Gasteiger charge is -2.46. The maximum atomic E-state index is 11.9. The highest BCUT2D eigenvalue weighted by molar-refractivity contribution is 5.80. The molecule has 3 aliphatic rings. The Kier molecular flexibility index (Phi) is 4.52. The van der Waals surface area contributed by atoms with Crippen molar-refractivity contribution in [2.75, 3.05) is 39.3 Å². The van der Waals surface area contributed by atoms with Crippen LogP contribution in [0.25, 0.3) is 0 Å². The molecule has 3 rings (SSSR count). The van der Waals surface area contributed by atoms with Crippen LogP contribution in [0.3, 0.4) is 0 Å². The SMILES string of the molecule is CCNC(CN1CCN2CCCCC2C1)(C(=O)O)C1CC1. The summed E-state index contributed by atoms with van der Waals surface area (Å²) in [6.45, 7) is 7.82. The lowest BCUT2D eigenvalue weighted by molar-refractivity contribution is -0.147. The predicted molar refractivity (Wildman–Crippen MR) is 82.4 cm³/mol. The minimum absolute atomic E-state index is 0.319. The lowest BCUT2D eigenvalue weighted by Crippen LogP contribution is -2.64. The third-order valence-electron chi connectivity index (χ3n) is 5.54. The second kappa shape index (κ2) is 6.23. The molecule has 1 aliphatic carbocycles. The second-order valence-corrected chi connectivity index (χ2v) is 7.00. The van der Waals surface area contributed by atoms with Gasteiger partial charge in [-0.2, -0.15) is 0 Å². The van der Waals surface area contributed by atoms with E-state index in [1.807, 2.05) is 6.92 Å². The molecule has 0 radical (unpaired) electrons. The molecule has 2 saturated heterocycles. The Bertz CT molecular complexity index is 386. The number of piperazine rings is 1. The summed E-state index contributed by atoms with van der Waals surface area (Å²) < 4.78 is 0. The number of piperidine rings is 1. The molecule has 0 bridgehead atoms. The van der Waals surface area contributed by atoms with Gasteiger partial charge >= 0.3 is 5.97 Å². The van der Waals surface area contributed by atoms with E-state index in [2.05, 4.69) is 15.1 Å². The van der Waals surface area contributed by atoms with Gasteiger partial charge in [-0.3, -0.25) is 14.6 Å². The Morgan fingerprint density at radius 2 is 2.05 bits per heavy atom. The van der Waals surface area contributed by atoms with Crippen molar-refractivity contribution in [3.05, 3.63) is 0 Å². The van der Waals surface area contributed by atoms with Gasteiger partial charge in [0.25, 0.3) is 0 Å². The fraction of sp³-hybridized carbons (Fsp3) is 0.938. The van der Waals surface area contributed by atoms with Gasteiger partial charge in [-0.05, 0) is 44.7 Å². The molecule has 0 amide bonds. The first-order valence-electron chi connectivity index (χ1n) is 8.60. The zero-order valence-electron chi connectivity index (χ0n) is 13.2. The van der Waals surface area contributed by atoms with Gasteiger partial charge in [-0.25, -0.2) is 0 Å². The fourth-order valence-corrected chi connectivity index (χ4v) is 4.26. The molecule has 2 atom stereocenters. The number of nitrogens with one attached hydrogen (secondary N) is 1. The van der Waals surface area contributed by atoms with Crippen LogP contribution in [0, 0.1) is 5.92 Å². The van der Waals surface area contributed by atoms with Crippen molar-refractivity contribution in [1.29, 1.82) is 0 Å². The summed E-state index contributed by atoms with van der Waals surface area (Å²) in [4.78, 5) is 17.0. The molecule has 3 fully saturated rings. The van der Waals surface area contributed by atoms with E-state index in [4.69, 9.17) is 0 Å². The largest absolute Gasteiger partial charge is 0.480 e. The van der Waals surface area contributed by atoms with Crippen molar-refractivity contribution in [1.82, 2.24) is 15.1 Å². The van der Waals surface area contributed by atoms with Crippen molar-refractivity contribution in [3.8, 4) is 0 Å². The number of hydrogen-bond donors (Lipinski definition) is 2. The number of carboxylic acids is 1. The standard InChI is InChI=1S/C16H29N3O2/c1-2-17-16(15(20)21,13-6-7-13)12-18-9-10-19-8-4-3-5-14(19)11-18/h13-14,17H,2-12H2,1H3,(H,20,21). The molecule has 1 saturated carbocycles. The summed E-state index contributed by atoms with van der Waals surface area (Å²) >= 11 is 0. The van der Waals surface area contributed by atoms with Gasteiger partial charge in [0.15, 0.2) is 0 Å². The first-order valence-corrected chi connectivity index (χ1v) is 8.60. The molecular formula is C16H29N3O2. The van der Waals surface area contributed by atoms with Gasteiger partial charge in [-0.15, -0.1) is 0 Å². The molecule has 2 heterocycles. The Labute approximate surface area is 127 Å². The van der Waals surface area contributed by atoms with Crippen molar-refractivity contribution >= 4 is 5.97 Å². The third kappa shape index (κ3) is 3.10. The van der Waals surface area contributed by atoms with Crippen LogP contribution in [-0.4, -0.2) is 71.7 Å². The Morgan fingerprint density at radius 1 is 1.24 bits per heavy atom. The third-order valence-corrected chi connectivity index (χ3v) is 5.54.